The number of hydrogen-bond acceptors (Lipinski definition) is 7. The Kier molecular flexibility index (Phi) is 5.05. The van der Waals surface area contributed by atoms with Crippen molar-refractivity contribution in [3.05, 3.63) is 58.9 Å². The Hall–Kier alpha value is -3.40. The molecule has 1 aliphatic heterocycles. The van der Waals surface area contributed by atoms with E-state index in [-0.39, 0.29) is 17.6 Å². The van der Waals surface area contributed by atoms with E-state index in [1.54, 1.807) is 11.0 Å². The topological polar surface area (TPSA) is 91.5 Å². The van der Waals surface area contributed by atoms with Crippen molar-refractivity contribution in [2.75, 3.05) is 6.61 Å². The highest BCUT2D eigenvalue weighted by molar-refractivity contribution is 5.87. The van der Waals surface area contributed by atoms with Gasteiger partial charge in [0.15, 0.2) is 5.65 Å². The summed E-state index contributed by atoms with van der Waals surface area (Å²) in [7, 11) is 0. The molecule has 1 saturated carbocycles. The third-order valence-corrected chi connectivity index (χ3v) is 6.52. The van der Waals surface area contributed by atoms with E-state index >= 15 is 0 Å². The van der Waals surface area contributed by atoms with E-state index in [0.717, 1.165) is 30.3 Å². The Bertz CT molecular complexity index is 1400. The summed E-state index contributed by atoms with van der Waals surface area (Å²) < 4.78 is 34.4. The lowest BCUT2D eigenvalue weighted by atomic mass is 9.93. The van der Waals surface area contributed by atoms with Gasteiger partial charge in [-0.25, -0.2) is 28.7 Å². The lowest BCUT2D eigenvalue weighted by Crippen LogP contribution is -2.21. The first-order valence-corrected chi connectivity index (χ1v) is 11.5. The van der Waals surface area contributed by atoms with Gasteiger partial charge in [-0.15, -0.1) is 0 Å². The van der Waals surface area contributed by atoms with Crippen molar-refractivity contribution < 1.29 is 13.5 Å². The highest BCUT2D eigenvalue weighted by Gasteiger charge is 2.32. The van der Waals surface area contributed by atoms with Crippen LogP contribution in [0.2, 0.25) is 0 Å². The maximum absolute atomic E-state index is 14.8. The van der Waals surface area contributed by atoms with Crippen molar-refractivity contribution in [2.24, 2.45) is 0 Å². The van der Waals surface area contributed by atoms with E-state index in [0.29, 0.717) is 53.9 Å². The zero-order valence-corrected chi connectivity index (χ0v) is 18.9. The van der Waals surface area contributed by atoms with Crippen LogP contribution in [0, 0.1) is 25.5 Å². The van der Waals surface area contributed by atoms with Crippen molar-refractivity contribution in [1.82, 2.24) is 34.9 Å². The molecule has 0 N–H and O–H groups in total. The molecule has 0 spiro atoms. The summed E-state index contributed by atoms with van der Waals surface area (Å²) in [6.07, 6.45) is 5.10. The van der Waals surface area contributed by atoms with E-state index in [1.165, 1.54) is 12.1 Å². The maximum Gasteiger partial charge on any atom is 0.182 e. The second-order valence-electron chi connectivity index (χ2n) is 9.02. The summed E-state index contributed by atoms with van der Waals surface area (Å²) in [5.74, 6) is -0.844. The van der Waals surface area contributed by atoms with Gasteiger partial charge >= 0.3 is 0 Å². The standard InChI is InChI=1S/C24H23F2N7O/c1-12-13(2)29-24-22(28-12)21(17-6-3-15(25)10-18(17)26)30-23(31-24)14-7-8-34-20(9-14)19-11-27-33(32-19)16-4-5-16/h3,6,10-11,14,16,20H,4-5,7-9H2,1-2H3/t14-,20-/m1/s1. The summed E-state index contributed by atoms with van der Waals surface area (Å²) in [5, 5.41) is 9.00. The smallest absolute Gasteiger partial charge is 0.182 e. The van der Waals surface area contributed by atoms with Gasteiger partial charge in [0.2, 0.25) is 0 Å². The molecule has 0 amide bonds. The average Bonchev–Trinajstić information content (AvgIpc) is 3.56. The number of nitrogens with zero attached hydrogens (tertiary/aromatic N) is 7. The molecule has 34 heavy (non-hydrogen) atoms. The molecule has 3 aromatic heterocycles. The molecule has 2 fully saturated rings. The number of aryl methyl sites for hydroxylation is 2. The third kappa shape index (κ3) is 3.81. The van der Waals surface area contributed by atoms with Crippen LogP contribution in [0.4, 0.5) is 8.78 Å². The van der Waals surface area contributed by atoms with Gasteiger partial charge in [0.05, 0.1) is 23.6 Å². The van der Waals surface area contributed by atoms with Crippen LogP contribution in [0.1, 0.15) is 66.7 Å². The highest BCUT2D eigenvalue weighted by atomic mass is 19.1. The number of benzene rings is 1. The van der Waals surface area contributed by atoms with Crippen molar-refractivity contribution in [3.8, 4) is 11.3 Å². The average molecular weight is 463 g/mol. The fraction of sp³-hybridized carbons (Fsp3) is 0.417. The van der Waals surface area contributed by atoms with Crippen LogP contribution < -0.4 is 0 Å². The molecule has 0 radical (unpaired) electrons. The molecular formula is C24H23F2N7O. The molecule has 2 atom stereocenters. The van der Waals surface area contributed by atoms with Gasteiger partial charge in [-0.1, -0.05) is 0 Å². The van der Waals surface area contributed by atoms with Gasteiger partial charge in [-0.05, 0) is 51.7 Å². The quantitative estimate of drug-likeness (QED) is 0.439. The van der Waals surface area contributed by atoms with Crippen molar-refractivity contribution >= 4 is 11.2 Å². The molecule has 6 rings (SSSR count). The molecule has 4 aromatic rings. The summed E-state index contributed by atoms with van der Waals surface area (Å²) in [4.78, 5) is 20.5. The van der Waals surface area contributed by atoms with Crippen molar-refractivity contribution in [1.29, 1.82) is 0 Å². The summed E-state index contributed by atoms with van der Waals surface area (Å²) >= 11 is 0. The van der Waals surface area contributed by atoms with Crippen molar-refractivity contribution in [2.45, 2.75) is 57.6 Å². The molecule has 4 heterocycles. The largest absolute Gasteiger partial charge is 0.372 e. The normalized spacial score (nSPS) is 20.7. The molecular weight excluding hydrogens is 440 g/mol. The maximum atomic E-state index is 14.8. The van der Waals surface area contributed by atoms with Gasteiger partial charge in [0.1, 0.15) is 40.5 Å². The van der Waals surface area contributed by atoms with Crippen LogP contribution in [-0.4, -0.2) is 41.5 Å². The third-order valence-electron chi connectivity index (χ3n) is 6.52. The summed E-state index contributed by atoms with van der Waals surface area (Å²) in [6.45, 7) is 4.21. The predicted octanol–water partition coefficient (Wildman–Crippen LogP) is 4.54. The Morgan fingerprint density at radius 1 is 1.00 bits per heavy atom. The van der Waals surface area contributed by atoms with Gasteiger partial charge in [-0.3, -0.25) is 0 Å². The van der Waals surface area contributed by atoms with Gasteiger partial charge in [0.25, 0.3) is 0 Å². The number of rotatable bonds is 4. The van der Waals surface area contributed by atoms with Crippen LogP contribution in [0.25, 0.3) is 22.4 Å². The fourth-order valence-corrected chi connectivity index (χ4v) is 4.34. The number of hydrogen-bond donors (Lipinski definition) is 0. The minimum absolute atomic E-state index is 0.0418. The van der Waals surface area contributed by atoms with E-state index in [2.05, 4.69) is 20.2 Å². The van der Waals surface area contributed by atoms with Gasteiger partial charge < -0.3 is 4.74 Å². The van der Waals surface area contributed by atoms with Crippen LogP contribution >= 0.6 is 0 Å². The lowest BCUT2D eigenvalue weighted by molar-refractivity contribution is 0.00113. The Morgan fingerprint density at radius 2 is 1.82 bits per heavy atom. The number of fused-ring (bicyclic) bond motifs is 1. The number of aromatic nitrogens is 7. The fourth-order valence-electron chi connectivity index (χ4n) is 4.34. The lowest BCUT2D eigenvalue weighted by Gasteiger charge is -2.27. The molecule has 1 saturated heterocycles. The van der Waals surface area contributed by atoms with Gasteiger partial charge in [-0.2, -0.15) is 15.0 Å². The molecule has 174 valence electrons. The summed E-state index contributed by atoms with van der Waals surface area (Å²) in [5.41, 5.74) is 3.53. The molecule has 0 unspecified atom stereocenters. The van der Waals surface area contributed by atoms with Gasteiger partial charge in [0, 0.05) is 24.2 Å². The van der Waals surface area contributed by atoms with Crippen LogP contribution in [0.15, 0.2) is 24.4 Å². The Balaban J connectivity index is 1.41. The Morgan fingerprint density at radius 3 is 2.62 bits per heavy atom. The monoisotopic (exact) mass is 463 g/mol. The Labute approximate surface area is 194 Å². The first kappa shape index (κ1) is 21.2. The van der Waals surface area contributed by atoms with Crippen LogP contribution in [-0.2, 0) is 4.74 Å². The van der Waals surface area contributed by atoms with E-state index in [9.17, 15) is 8.78 Å². The van der Waals surface area contributed by atoms with Crippen LogP contribution in [0.5, 0.6) is 0 Å². The first-order valence-electron chi connectivity index (χ1n) is 11.5. The van der Waals surface area contributed by atoms with E-state index < -0.39 is 11.6 Å². The highest BCUT2D eigenvalue weighted by Crippen LogP contribution is 2.38. The number of halogens is 2. The molecule has 8 nitrogen and oxygen atoms in total. The molecule has 2 aliphatic rings. The van der Waals surface area contributed by atoms with Crippen LogP contribution in [0.3, 0.4) is 0 Å². The van der Waals surface area contributed by atoms with Crippen molar-refractivity contribution in [3.63, 3.8) is 0 Å². The SMILES string of the molecule is Cc1nc2nc([C@@H]3CCO[C@@H](c4cnn(C5CC5)n4)C3)nc(-c3ccc(F)cc3F)c2nc1C. The zero-order valence-electron chi connectivity index (χ0n) is 18.9. The molecule has 1 aliphatic carbocycles. The predicted molar refractivity (Wildman–Crippen MR) is 119 cm³/mol. The second-order valence-corrected chi connectivity index (χ2v) is 9.02. The van der Waals surface area contributed by atoms with E-state index in [4.69, 9.17) is 14.7 Å². The number of ether oxygens (including phenoxy) is 1. The second kappa shape index (κ2) is 8.12. The molecule has 1 aromatic carbocycles. The minimum Gasteiger partial charge on any atom is -0.372 e. The molecule has 10 heteroatoms. The van der Waals surface area contributed by atoms with E-state index in [1.807, 2.05) is 13.8 Å². The zero-order chi connectivity index (χ0) is 23.4. The first-order chi connectivity index (χ1) is 16.5. The molecule has 0 bridgehead atoms. The summed E-state index contributed by atoms with van der Waals surface area (Å²) in [6, 6.07) is 3.85. The minimum atomic E-state index is -0.701.